The minimum absolute atomic E-state index is 0.0807. The van der Waals surface area contributed by atoms with Gasteiger partial charge >= 0.3 is 7.82 Å². The van der Waals surface area contributed by atoms with E-state index in [0.29, 0.717) is 6.42 Å². The molecule has 0 rings (SSSR count). The molecule has 0 fully saturated rings. The Balaban J connectivity index is 4.38. The molecule has 0 aromatic carbocycles. The van der Waals surface area contributed by atoms with Crippen molar-refractivity contribution in [2.24, 2.45) is 5.73 Å². The molecule has 0 aromatic heterocycles. The van der Waals surface area contributed by atoms with Crippen LogP contribution in [0.2, 0.25) is 0 Å². The average molecular weight is 619 g/mol. The predicted molar refractivity (Wildman–Crippen MR) is 175 cm³/mol. The van der Waals surface area contributed by atoms with Gasteiger partial charge in [0.1, 0.15) is 0 Å². The third-order valence-corrected chi connectivity index (χ3v) is 8.60. The van der Waals surface area contributed by atoms with Gasteiger partial charge in [-0.15, -0.1) is 0 Å². The van der Waals surface area contributed by atoms with Gasteiger partial charge < -0.3 is 21.1 Å². The molecule has 0 aromatic rings. The standard InChI is InChI=1S/C33H67N2O6P/c1-3-5-7-9-11-13-15-16-17-18-20-22-24-26-32(36)31(30-41-42(38,39)40-29-28-34)35-33(37)27-25-23-21-19-14-12-10-8-6-4-2/h24,26,31-32,36H,3-23,25,27-30,34H2,1-2H3,(H,35,37)(H,38,39)/b26-24+/t31-,32+/m0/s1. The second kappa shape index (κ2) is 30.3. The zero-order chi connectivity index (χ0) is 31.2. The first-order valence-corrected chi connectivity index (χ1v) is 18.8. The molecular formula is C33H67N2O6P. The van der Waals surface area contributed by atoms with Gasteiger partial charge in [0, 0.05) is 13.0 Å². The second-order valence-electron chi connectivity index (χ2n) is 11.7. The van der Waals surface area contributed by atoms with Crippen LogP contribution in [0.3, 0.4) is 0 Å². The Morgan fingerprint density at radius 3 is 1.69 bits per heavy atom. The molecule has 0 bridgehead atoms. The molecular weight excluding hydrogens is 551 g/mol. The van der Waals surface area contributed by atoms with E-state index in [1.807, 2.05) is 6.08 Å². The van der Waals surface area contributed by atoms with Crippen molar-refractivity contribution in [2.75, 3.05) is 19.8 Å². The van der Waals surface area contributed by atoms with E-state index in [0.717, 1.165) is 38.5 Å². The van der Waals surface area contributed by atoms with Gasteiger partial charge in [-0.25, -0.2) is 4.57 Å². The van der Waals surface area contributed by atoms with Crippen LogP contribution >= 0.6 is 7.82 Å². The zero-order valence-electron chi connectivity index (χ0n) is 27.2. The summed E-state index contributed by atoms with van der Waals surface area (Å²) in [5.74, 6) is -0.198. The zero-order valence-corrected chi connectivity index (χ0v) is 28.1. The molecule has 0 saturated carbocycles. The molecule has 0 aliphatic carbocycles. The highest BCUT2D eigenvalue weighted by Gasteiger charge is 2.26. The number of nitrogens with two attached hydrogens (primary N) is 1. The van der Waals surface area contributed by atoms with Crippen LogP contribution < -0.4 is 11.1 Å². The van der Waals surface area contributed by atoms with Crippen molar-refractivity contribution in [3.05, 3.63) is 12.2 Å². The molecule has 8 nitrogen and oxygen atoms in total. The summed E-state index contributed by atoms with van der Waals surface area (Å²) in [6.45, 7) is 4.10. The minimum atomic E-state index is -4.32. The lowest BCUT2D eigenvalue weighted by Crippen LogP contribution is -2.45. The van der Waals surface area contributed by atoms with E-state index in [1.165, 1.54) is 103 Å². The van der Waals surface area contributed by atoms with Gasteiger partial charge in [0.15, 0.2) is 0 Å². The summed E-state index contributed by atoms with van der Waals surface area (Å²) in [4.78, 5) is 22.5. The fraction of sp³-hybridized carbons (Fsp3) is 0.909. The monoisotopic (exact) mass is 618 g/mol. The third kappa shape index (κ3) is 28.0. The fourth-order valence-corrected chi connectivity index (χ4v) is 5.71. The number of phosphoric ester groups is 1. The molecule has 250 valence electrons. The van der Waals surface area contributed by atoms with Crippen molar-refractivity contribution in [3.63, 3.8) is 0 Å². The van der Waals surface area contributed by atoms with Crippen LogP contribution in [0.5, 0.6) is 0 Å². The molecule has 0 saturated heterocycles. The van der Waals surface area contributed by atoms with Crippen molar-refractivity contribution >= 4 is 13.7 Å². The normalized spacial score (nSPS) is 14.7. The lowest BCUT2D eigenvalue weighted by molar-refractivity contribution is -0.123. The van der Waals surface area contributed by atoms with Gasteiger partial charge in [0.2, 0.25) is 5.91 Å². The number of aliphatic hydroxyl groups excluding tert-OH is 1. The largest absolute Gasteiger partial charge is 0.472 e. The summed E-state index contributed by atoms with van der Waals surface area (Å²) in [5, 5.41) is 13.5. The Morgan fingerprint density at radius 1 is 0.762 bits per heavy atom. The van der Waals surface area contributed by atoms with E-state index in [2.05, 4.69) is 19.2 Å². The van der Waals surface area contributed by atoms with Gasteiger partial charge in [0.25, 0.3) is 0 Å². The molecule has 0 aliphatic heterocycles. The lowest BCUT2D eigenvalue weighted by atomic mass is 10.0. The highest BCUT2D eigenvalue weighted by atomic mass is 31.2. The first-order valence-electron chi connectivity index (χ1n) is 17.3. The van der Waals surface area contributed by atoms with Crippen molar-refractivity contribution in [1.29, 1.82) is 0 Å². The van der Waals surface area contributed by atoms with Gasteiger partial charge in [-0.2, -0.15) is 0 Å². The first-order chi connectivity index (χ1) is 20.4. The Bertz CT molecular complexity index is 679. The number of amides is 1. The number of hydrogen-bond donors (Lipinski definition) is 4. The SMILES string of the molecule is CCCCCCCCCCCCC/C=C/[C@@H](O)[C@H](COP(=O)(O)OCCN)NC(=O)CCCCCCCCCCCC. The summed E-state index contributed by atoms with van der Waals surface area (Å²) < 4.78 is 21.9. The number of allylic oxidation sites excluding steroid dienone is 1. The molecule has 0 heterocycles. The topological polar surface area (TPSA) is 131 Å². The van der Waals surface area contributed by atoms with Crippen LogP contribution in [0.15, 0.2) is 12.2 Å². The number of aliphatic hydroxyl groups is 1. The maximum absolute atomic E-state index is 12.6. The number of phosphoric acid groups is 1. The molecule has 9 heteroatoms. The highest BCUT2D eigenvalue weighted by molar-refractivity contribution is 7.47. The Kier molecular flexibility index (Phi) is 29.7. The number of unbranched alkanes of at least 4 members (excludes halogenated alkanes) is 20. The van der Waals surface area contributed by atoms with Crippen LogP contribution in [-0.4, -0.2) is 47.8 Å². The van der Waals surface area contributed by atoms with E-state index >= 15 is 0 Å². The number of carbonyl (C=O) groups is 1. The number of carbonyl (C=O) groups excluding carboxylic acids is 1. The highest BCUT2D eigenvalue weighted by Crippen LogP contribution is 2.43. The summed E-state index contributed by atoms with van der Waals surface area (Å²) in [7, 11) is -4.32. The molecule has 1 unspecified atom stereocenters. The molecule has 1 amide bonds. The smallest absolute Gasteiger partial charge is 0.387 e. The average Bonchev–Trinajstić information content (AvgIpc) is 2.97. The third-order valence-electron chi connectivity index (χ3n) is 7.61. The van der Waals surface area contributed by atoms with Gasteiger partial charge in [-0.1, -0.05) is 148 Å². The minimum Gasteiger partial charge on any atom is -0.387 e. The molecule has 0 radical (unpaired) electrons. The van der Waals surface area contributed by atoms with Crippen LogP contribution in [0.1, 0.15) is 162 Å². The van der Waals surface area contributed by atoms with Gasteiger partial charge in [-0.05, 0) is 19.3 Å². The van der Waals surface area contributed by atoms with Crippen LogP contribution in [0.25, 0.3) is 0 Å². The van der Waals surface area contributed by atoms with Crippen molar-refractivity contribution < 1.29 is 28.4 Å². The van der Waals surface area contributed by atoms with Crippen molar-refractivity contribution in [1.82, 2.24) is 5.32 Å². The van der Waals surface area contributed by atoms with E-state index in [4.69, 9.17) is 14.8 Å². The first kappa shape index (κ1) is 41.2. The number of rotatable bonds is 32. The molecule has 5 N–H and O–H groups in total. The Labute approximate surface area is 258 Å². The number of hydrogen-bond acceptors (Lipinski definition) is 6. The van der Waals surface area contributed by atoms with Crippen LogP contribution in [-0.2, 0) is 18.4 Å². The van der Waals surface area contributed by atoms with E-state index in [-0.39, 0.29) is 25.7 Å². The van der Waals surface area contributed by atoms with Crippen molar-refractivity contribution in [3.8, 4) is 0 Å². The Morgan fingerprint density at radius 2 is 1.21 bits per heavy atom. The summed E-state index contributed by atoms with van der Waals surface area (Å²) in [6, 6.07) is -0.851. The number of nitrogens with one attached hydrogen (secondary N) is 1. The molecule has 3 atom stereocenters. The summed E-state index contributed by atoms with van der Waals surface area (Å²) >= 11 is 0. The van der Waals surface area contributed by atoms with E-state index in [9.17, 15) is 19.4 Å². The maximum Gasteiger partial charge on any atom is 0.472 e. The second-order valence-corrected chi connectivity index (χ2v) is 13.2. The van der Waals surface area contributed by atoms with E-state index in [1.54, 1.807) is 6.08 Å². The molecule has 0 spiro atoms. The summed E-state index contributed by atoms with van der Waals surface area (Å²) in [5.41, 5.74) is 5.34. The summed E-state index contributed by atoms with van der Waals surface area (Å²) in [6.07, 6.45) is 29.6. The Hall–Kier alpha value is -0.760. The lowest BCUT2D eigenvalue weighted by Gasteiger charge is -2.23. The van der Waals surface area contributed by atoms with E-state index < -0.39 is 20.0 Å². The van der Waals surface area contributed by atoms with Crippen LogP contribution in [0.4, 0.5) is 0 Å². The fourth-order valence-electron chi connectivity index (χ4n) is 4.95. The molecule has 42 heavy (non-hydrogen) atoms. The quantitative estimate of drug-likeness (QED) is 0.0338. The van der Waals surface area contributed by atoms with Gasteiger partial charge in [0.05, 0.1) is 25.4 Å². The molecule has 0 aliphatic rings. The van der Waals surface area contributed by atoms with Crippen LogP contribution in [0, 0.1) is 0 Å². The van der Waals surface area contributed by atoms with Gasteiger partial charge in [-0.3, -0.25) is 13.8 Å². The predicted octanol–water partition coefficient (Wildman–Crippen LogP) is 8.49. The van der Waals surface area contributed by atoms with Crippen molar-refractivity contribution in [2.45, 2.75) is 174 Å². The maximum atomic E-state index is 12.6.